The molecule has 2 aromatic rings. The summed E-state index contributed by atoms with van der Waals surface area (Å²) in [6.07, 6.45) is 2.17. The van der Waals surface area contributed by atoms with E-state index in [1.165, 1.54) is 27.9 Å². The lowest BCUT2D eigenvalue weighted by molar-refractivity contribution is 0.529. The van der Waals surface area contributed by atoms with Crippen LogP contribution in [0.2, 0.25) is 0 Å². The largest absolute Gasteiger partial charge is 0.376 e. The summed E-state index contributed by atoms with van der Waals surface area (Å²) in [6.45, 7) is 0. The van der Waals surface area contributed by atoms with Crippen LogP contribution in [0.25, 0.3) is 0 Å². The van der Waals surface area contributed by atoms with Gasteiger partial charge in [0.05, 0.1) is 6.04 Å². The lowest BCUT2D eigenvalue weighted by Gasteiger charge is -2.22. The third-order valence-electron chi connectivity index (χ3n) is 4.52. The Bertz CT molecular complexity index is 633. The van der Waals surface area contributed by atoms with Gasteiger partial charge in [-0.1, -0.05) is 36.4 Å². The molecule has 4 rings (SSSR count). The molecule has 1 aliphatic carbocycles. The number of rotatable bonds is 1. The number of hydrogen-bond donors (Lipinski definition) is 2. The summed E-state index contributed by atoms with van der Waals surface area (Å²) in [5, 5.41) is 7.22. The predicted octanol–water partition coefficient (Wildman–Crippen LogP) is 2.89. The zero-order valence-corrected chi connectivity index (χ0v) is 11.1. The van der Waals surface area contributed by atoms with Crippen molar-refractivity contribution in [2.45, 2.75) is 24.9 Å². The van der Waals surface area contributed by atoms with Crippen LogP contribution < -0.4 is 10.6 Å². The molecule has 0 aromatic heterocycles. The van der Waals surface area contributed by atoms with Crippen molar-refractivity contribution in [1.29, 1.82) is 0 Å². The fraction of sp³-hybridized carbons (Fsp3) is 0.294. The minimum atomic E-state index is 0.403. The van der Waals surface area contributed by atoms with Crippen molar-refractivity contribution in [3.05, 3.63) is 64.7 Å². The fourth-order valence-electron chi connectivity index (χ4n) is 3.58. The van der Waals surface area contributed by atoms with Gasteiger partial charge in [-0.15, -0.1) is 0 Å². The van der Waals surface area contributed by atoms with Gasteiger partial charge < -0.3 is 10.6 Å². The van der Waals surface area contributed by atoms with Crippen LogP contribution in [0.4, 0.5) is 5.69 Å². The molecule has 0 radical (unpaired) electrons. The van der Waals surface area contributed by atoms with E-state index < -0.39 is 0 Å². The molecule has 0 saturated carbocycles. The zero-order chi connectivity index (χ0) is 12.8. The summed E-state index contributed by atoms with van der Waals surface area (Å²) < 4.78 is 0. The van der Waals surface area contributed by atoms with Gasteiger partial charge in [0.15, 0.2) is 0 Å². The molecule has 0 unspecified atom stereocenters. The number of hydrogen-bond acceptors (Lipinski definition) is 2. The maximum atomic E-state index is 3.76. The Kier molecular flexibility index (Phi) is 2.39. The summed E-state index contributed by atoms with van der Waals surface area (Å²) in [4.78, 5) is 0. The second-order valence-corrected chi connectivity index (χ2v) is 5.55. The summed E-state index contributed by atoms with van der Waals surface area (Å²) in [5.74, 6) is 0. The second kappa shape index (κ2) is 4.10. The number of benzene rings is 2. The standard InChI is InChI=1S/C17H18N2/c1-18-15-10-13-7-4-6-12-9-11-5-2-3-8-14(11)19-17(15)16(12)13/h2-8,15,17-19H,9-10H2,1H3/t15-,17+/m1/s1. The van der Waals surface area contributed by atoms with E-state index in [0.717, 1.165) is 12.8 Å². The maximum Gasteiger partial charge on any atom is 0.0675 e. The molecule has 1 aliphatic heterocycles. The molecular weight excluding hydrogens is 232 g/mol. The Hall–Kier alpha value is -1.80. The molecule has 19 heavy (non-hydrogen) atoms. The van der Waals surface area contributed by atoms with Crippen molar-refractivity contribution in [2.75, 3.05) is 12.4 Å². The number of fused-ring (bicyclic) bond motifs is 1. The Balaban J connectivity index is 1.91. The quantitative estimate of drug-likeness (QED) is 0.813. The van der Waals surface area contributed by atoms with Crippen molar-refractivity contribution in [3.63, 3.8) is 0 Å². The molecule has 0 spiro atoms. The van der Waals surface area contributed by atoms with Crippen LogP contribution in [0.1, 0.15) is 28.3 Å². The highest BCUT2D eigenvalue weighted by Gasteiger charge is 2.35. The molecule has 0 saturated heterocycles. The van der Waals surface area contributed by atoms with Gasteiger partial charge in [-0.3, -0.25) is 0 Å². The molecule has 96 valence electrons. The average molecular weight is 250 g/mol. The third kappa shape index (κ3) is 1.60. The molecule has 1 heterocycles. The van der Waals surface area contributed by atoms with E-state index in [4.69, 9.17) is 0 Å². The molecule has 2 aromatic carbocycles. The van der Waals surface area contributed by atoms with Gasteiger partial charge in [0.1, 0.15) is 0 Å². The highest BCUT2D eigenvalue weighted by Crippen LogP contribution is 2.40. The van der Waals surface area contributed by atoms with Crippen molar-refractivity contribution in [3.8, 4) is 0 Å². The fourth-order valence-corrected chi connectivity index (χ4v) is 3.58. The Morgan fingerprint density at radius 3 is 2.68 bits per heavy atom. The first-order valence-corrected chi connectivity index (χ1v) is 6.99. The van der Waals surface area contributed by atoms with Crippen LogP contribution in [0.15, 0.2) is 42.5 Å². The molecule has 2 heteroatoms. The topological polar surface area (TPSA) is 24.1 Å². The van der Waals surface area contributed by atoms with Gasteiger partial charge in [-0.2, -0.15) is 0 Å². The van der Waals surface area contributed by atoms with Crippen molar-refractivity contribution in [2.24, 2.45) is 0 Å². The summed E-state index contributed by atoms with van der Waals surface area (Å²) >= 11 is 0. The predicted molar refractivity (Wildman–Crippen MR) is 78.6 cm³/mol. The van der Waals surface area contributed by atoms with Crippen molar-refractivity contribution >= 4 is 5.69 Å². The summed E-state index contributed by atoms with van der Waals surface area (Å²) in [5.41, 5.74) is 7.20. The molecule has 2 nitrogen and oxygen atoms in total. The van der Waals surface area contributed by atoms with Gasteiger partial charge >= 0.3 is 0 Å². The molecule has 2 N–H and O–H groups in total. The van der Waals surface area contributed by atoms with E-state index >= 15 is 0 Å². The number of nitrogens with one attached hydrogen (secondary N) is 2. The lowest BCUT2D eigenvalue weighted by Crippen LogP contribution is -2.33. The van der Waals surface area contributed by atoms with E-state index in [-0.39, 0.29) is 0 Å². The van der Waals surface area contributed by atoms with E-state index in [1.54, 1.807) is 0 Å². The third-order valence-corrected chi connectivity index (χ3v) is 4.52. The van der Waals surface area contributed by atoms with E-state index in [0.29, 0.717) is 12.1 Å². The van der Waals surface area contributed by atoms with E-state index in [9.17, 15) is 0 Å². The van der Waals surface area contributed by atoms with Crippen LogP contribution in [0, 0.1) is 0 Å². The van der Waals surface area contributed by atoms with Crippen LogP contribution in [-0.4, -0.2) is 13.1 Å². The van der Waals surface area contributed by atoms with Gasteiger partial charge in [-0.25, -0.2) is 0 Å². The normalized spacial score (nSPS) is 23.2. The molecule has 2 aliphatic rings. The molecule has 2 atom stereocenters. The molecule has 0 bridgehead atoms. The average Bonchev–Trinajstić information content (AvgIpc) is 2.70. The first-order valence-electron chi connectivity index (χ1n) is 6.99. The molecule has 0 fully saturated rings. The summed E-state index contributed by atoms with van der Waals surface area (Å²) in [6, 6.07) is 16.3. The minimum Gasteiger partial charge on any atom is -0.376 e. The van der Waals surface area contributed by atoms with Crippen LogP contribution >= 0.6 is 0 Å². The SMILES string of the molecule is CN[C@@H]1Cc2cccc3c2[C@H]1Nc1ccccc1C3. The lowest BCUT2D eigenvalue weighted by atomic mass is 9.97. The molecule has 0 amide bonds. The Morgan fingerprint density at radius 2 is 1.79 bits per heavy atom. The Morgan fingerprint density at radius 1 is 1.00 bits per heavy atom. The van der Waals surface area contributed by atoms with Gasteiger partial charge in [0.2, 0.25) is 0 Å². The van der Waals surface area contributed by atoms with Crippen LogP contribution in [-0.2, 0) is 12.8 Å². The van der Waals surface area contributed by atoms with Crippen molar-refractivity contribution in [1.82, 2.24) is 5.32 Å². The van der Waals surface area contributed by atoms with Crippen LogP contribution in [0.3, 0.4) is 0 Å². The highest BCUT2D eigenvalue weighted by molar-refractivity contribution is 5.61. The smallest absolute Gasteiger partial charge is 0.0675 e. The van der Waals surface area contributed by atoms with Gasteiger partial charge in [0, 0.05) is 11.7 Å². The van der Waals surface area contributed by atoms with E-state index in [2.05, 4.69) is 60.1 Å². The maximum absolute atomic E-state index is 3.76. The van der Waals surface area contributed by atoms with Gasteiger partial charge in [0.25, 0.3) is 0 Å². The van der Waals surface area contributed by atoms with Crippen LogP contribution in [0.5, 0.6) is 0 Å². The minimum absolute atomic E-state index is 0.403. The first-order chi connectivity index (χ1) is 9.36. The number of para-hydroxylation sites is 1. The number of likely N-dealkylation sites (N-methyl/N-ethyl adjacent to an activating group) is 1. The van der Waals surface area contributed by atoms with Crippen molar-refractivity contribution < 1.29 is 0 Å². The highest BCUT2D eigenvalue weighted by atomic mass is 15.0. The van der Waals surface area contributed by atoms with E-state index in [1.807, 2.05) is 0 Å². The van der Waals surface area contributed by atoms with Gasteiger partial charge in [-0.05, 0) is 48.2 Å². The summed E-state index contributed by atoms with van der Waals surface area (Å²) in [7, 11) is 2.06. The monoisotopic (exact) mass is 250 g/mol. The zero-order valence-electron chi connectivity index (χ0n) is 11.1. The molecular formula is C17H18N2. The Labute approximate surface area is 113 Å². The number of anilines is 1. The second-order valence-electron chi connectivity index (χ2n) is 5.55. The first kappa shape index (κ1) is 11.1.